The van der Waals surface area contributed by atoms with Gasteiger partial charge in [-0.05, 0) is 47.1 Å². The van der Waals surface area contributed by atoms with Crippen LogP contribution in [-0.4, -0.2) is 15.9 Å². The minimum absolute atomic E-state index is 0.107. The molecule has 2 aromatic rings. The molecule has 7 heteroatoms. The average molecular weight is 345 g/mol. The number of rotatable bonds is 2. The maximum absolute atomic E-state index is 13.1. The summed E-state index contributed by atoms with van der Waals surface area (Å²) in [4.78, 5) is 19.8. The number of carbonyl (C=O) groups excluding carboxylic acids is 1. The van der Waals surface area contributed by atoms with Gasteiger partial charge in [0.25, 0.3) is 5.91 Å². The topological polar surface area (TPSA) is 54.9 Å². The van der Waals surface area contributed by atoms with Crippen LogP contribution in [0.15, 0.2) is 28.7 Å². The number of hydrogen-bond acceptors (Lipinski definition) is 3. The van der Waals surface area contributed by atoms with E-state index in [2.05, 4.69) is 31.2 Å². The predicted octanol–water partition coefficient (Wildman–Crippen LogP) is 3.59. The minimum Gasteiger partial charge on any atom is -0.290 e. The summed E-state index contributed by atoms with van der Waals surface area (Å²) >= 11 is 8.78. The fourth-order valence-electron chi connectivity index (χ4n) is 1.40. The second kappa shape index (κ2) is 5.63. The number of nitrogens with one attached hydrogen (secondary N) is 1. The molecule has 0 aliphatic heterocycles. The fraction of sp³-hybridized carbons (Fsp3) is 0.0833. The largest absolute Gasteiger partial charge is 0.290 e. The van der Waals surface area contributed by atoms with Crippen molar-refractivity contribution in [3.63, 3.8) is 0 Å². The first-order chi connectivity index (χ1) is 8.95. The summed E-state index contributed by atoms with van der Waals surface area (Å²) in [5.74, 6) is -0.774. The lowest BCUT2D eigenvalue weighted by Crippen LogP contribution is -2.14. The van der Waals surface area contributed by atoms with E-state index in [1.54, 1.807) is 13.0 Å². The van der Waals surface area contributed by atoms with Crippen LogP contribution in [0, 0.1) is 12.7 Å². The number of aromatic nitrogens is 2. The number of nitrogens with zero attached hydrogens (tertiary/aromatic N) is 2. The van der Waals surface area contributed by atoms with Crippen molar-refractivity contribution in [2.24, 2.45) is 0 Å². The predicted molar refractivity (Wildman–Crippen MR) is 73.8 cm³/mol. The van der Waals surface area contributed by atoms with Crippen LogP contribution in [-0.2, 0) is 0 Å². The fourth-order valence-corrected chi connectivity index (χ4v) is 2.01. The lowest BCUT2D eigenvalue weighted by atomic mass is 10.2. The molecule has 2 rings (SSSR count). The number of carbonyl (C=O) groups is 1. The summed E-state index contributed by atoms with van der Waals surface area (Å²) in [7, 11) is 0. The highest BCUT2D eigenvalue weighted by Crippen LogP contribution is 2.18. The quantitative estimate of drug-likeness (QED) is 0.847. The molecule has 0 aliphatic rings. The second-order valence-electron chi connectivity index (χ2n) is 3.74. The molecule has 98 valence electrons. The first kappa shape index (κ1) is 13.9. The van der Waals surface area contributed by atoms with Crippen LogP contribution in [0.1, 0.15) is 16.1 Å². The summed E-state index contributed by atoms with van der Waals surface area (Å²) in [6.07, 6.45) is 0. The zero-order valence-corrected chi connectivity index (χ0v) is 12.1. The molecule has 0 unspecified atom stereocenters. The van der Waals surface area contributed by atoms with Crippen molar-refractivity contribution < 1.29 is 9.18 Å². The lowest BCUT2D eigenvalue weighted by molar-refractivity contribution is 0.102. The number of hydrogen-bond donors (Lipinski definition) is 1. The number of aryl methyl sites for hydroxylation is 1. The van der Waals surface area contributed by atoms with Gasteiger partial charge in [0.15, 0.2) is 0 Å². The van der Waals surface area contributed by atoms with E-state index >= 15 is 0 Å². The zero-order valence-electron chi connectivity index (χ0n) is 9.75. The summed E-state index contributed by atoms with van der Waals surface area (Å²) < 4.78 is 13.3. The van der Waals surface area contributed by atoms with E-state index in [1.807, 2.05) is 0 Å². The molecule has 1 amide bonds. The molecule has 0 spiro atoms. The van der Waals surface area contributed by atoms with E-state index in [9.17, 15) is 9.18 Å². The molecule has 0 atom stereocenters. The molecule has 1 aromatic heterocycles. The maximum Gasteiger partial charge on any atom is 0.258 e. The molecular weight excluding hydrogens is 337 g/mol. The van der Waals surface area contributed by atoms with Gasteiger partial charge in [-0.1, -0.05) is 11.6 Å². The summed E-state index contributed by atoms with van der Waals surface area (Å²) in [6.45, 7) is 1.73. The van der Waals surface area contributed by atoms with Gasteiger partial charge in [0, 0.05) is 11.3 Å². The summed E-state index contributed by atoms with van der Waals surface area (Å²) in [6, 6.07) is 5.52. The Morgan fingerprint density at radius 2 is 2.11 bits per heavy atom. The number of benzene rings is 1. The third-order valence-corrected chi connectivity index (χ3v) is 3.03. The summed E-state index contributed by atoms with van der Waals surface area (Å²) in [5.41, 5.74) is 0.921. The molecule has 0 saturated carbocycles. The Bertz CT molecular complexity index is 631. The Balaban J connectivity index is 2.22. The van der Waals surface area contributed by atoms with Crippen LogP contribution in [0.5, 0.6) is 0 Å². The first-order valence-corrected chi connectivity index (χ1v) is 6.40. The first-order valence-electron chi connectivity index (χ1n) is 5.23. The van der Waals surface area contributed by atoms with Gasteiger partial charge >= 0.3 is 0 Å². The molecule has 0 fully saturated rings. The zero-order chi connectivity index (χ0) is 14.0. The SMILES string of the molecule is Cc1cc(Cl)nc(NC(=O)c2ccc(F)c(Br)c2)n1. The summed E-state index contributed by atoms with van der Waals surface area (Å²) in [5, 5.41) is 2.74. The Morgan fingerprint density at radius 3 is 2.74 bits per heavy atom. The van der Waals surface area contributed by atoms with Gasteiger partial charge in [0.05, 0.1) is 4.47 Å². The standard InChI is InChI=1S/C12H8BrClFN3O/c1-6-4-10(14)17-12(16-6)18-11(19)7-2-3-9(15)8(13)5-7/h2-5H,1H3,(H,16,17,18,19). The molecule has 1 N–H and O–H groups in total. The molecule has 1 heterocycles. The van der Waals surface area contributed by atoms with Gasteiger partial charge in [0.1, 0.15) is 11.0 Å². The van der Waals surface area contributed by atoms with E-state index < -0.39 is 11.7 Å². The molecule has 0 bridgehead atoms. The Morgan fingerprint density at radius 1 is 1.37 bits per heavy atom. The minimum atomic E-state index is -0.442. The average Bonchev–Trinajstić information content (AvgIpc) is 2.31. The van der Waals surface area contributed by atoms with Crippen LogP contribution in [0.4, 0.5) is 10.3 Å². The van der Waals surface area contributed by atoms with Crippen LogP contribution < -0.4 is 5.32 Å². The highest BCUT2D eigenvalue weighted by atomic mass is 79.9. The van der Waals surface area contributed by atoms with Crippen LogP contribution in [0.25, 0.3) is 0 Å². The Kier molecular flexibility index (Phi) is 4.11. The lowest BCUT2D eigenvalue weighted by Gasteiger charge is -2.05. The van der Waals surface area contributed by atoms with Crippen molar-refractivity contribution in [2.45, 2.75) is 6.92 Å². The van der Waals surface area contributed by atoms with Crippen LogP contribution in [0.3, 0.4) is 0 Å². The molecule has 0 saturated heterocycles. The van der Waals surface area contributed by atoms with Gasteiger partial charge in [-0.2, -0.15) is 0 Å². The molecular formula is C12H8BrClFN3O. The van der Waals surface area contributed by atoms with Crippen molar-refractivity contribution in [1.29, 1.82) is 0 Å². The van der Waals surface area contributed by atoms with E-state index in [4.69, 9.17) is 11.6 Å². The van der Waals surface area contributed by atoms with Gasteiger partial charge in [-0.3, -0.25) is 10.1 Å². The number of anilines is 1. The van der Waals surface area contributed by atoms with Gasteiger partial charge < -0.3 is 0 Å². The van der Waals surface area contributed by atoms with Crippen molar-refractivity contribution in [2.75, 3.05) is 5.32 Å². The van der Waals surface area contributed by atoms with Gasteiger partial charge in [-0.25, -0.2) is 14.4 Å². The number of halogens is 3. The van der Waals surface area contributed by atoms with Gasteiger partial charge in [-0.15, -0.1) is 0 Å². The highest BCUT2D eigenvalue weighted by Gasteiger charge is 2.11. The highest BCUT2D eigenvalue weighted by molar-refractivity contribution is 9.10. The van der Waals surface area contributed by atoms with E-state index in [1.165, 1.54) is 18.2 Å². The van der Waals surface area contributed by atoms with Crippen molar-refractivity contribution >= 4 is 39.4 Å². The molecule has 4 nitrogen and oxygen atoms in total. The van der Waals surface area contributed by atoms with E-state index in [0.717, 1.165) is 0 Å². The normalized spacial score (nSPS) is 10.3. The Labute approximate surface area is 122 Å². The second-order valence-corrected chi connectivity index (χ2v) is 4.98. The van der Waals surface area contributed by atoms with Crippen molar-refractivity contribution in [1.82, 2.24) is 9.97 Å². The van der Waals surface area contributed by atoms with E-state index in [-0.39, 0.29) is 21.1 Å². The maximum atomic E-state index is 13.1. The third-order valence-electron chi connectivity index (χ3n) is 2.23. The molecule has 1 aromatic carbocycles. The van der Waals surface area contributed by atoms with Crippen LogP contribution in [0.2, 0.25) is 5.15 Å². The molecule has 0 aliphatic carbocycles. The molecule has 0 radical (unpaired) electrons. The third kappa shape index (κ3) is 3.48. The smallest absolute Gasteiger partial charge is 0.258 e. The van der Waals surface area contributed by atoms with Gasteiger partial charge in [0.2, 0.25) is 5.95 Å². The van der Waals surface area contributed by atoms with Crippen molar-refractivity contribution in [3.05, 3.63) is 51.0 Å². The molecule has 19 heavy (non-hydrogen) atoms. The monoisotopic (exact) mass is 343 g/mol. The number of amides is 1. The van der Waals surface area contributed by atoms with Crippen LogP contribution >= 0.6 is 27.5 Å². The van der Waals surface area contributed by atoms with Crippen molar-refractivity contribution in [3.8, 4) is 0 Å². The van der Waals surface area contributed by atoms with E-state index in [0.29, 0.717) is 5.69 Å². The Hall–Kier alpha value is -1.53.